The molecule has 2 rings (SSSR count). The first-order chi connectivity index (χ1) is 9.19. The number of hydrogen-bond acceptors (Lipinski definition) is 3. The van der Waals surface area contributed by atoms with Crippen molar-refractivity contribution in [2.75, 3.05) is 6.54 Å². The SMILES string of the molecule is CCC(C)n1ccc(CNCCC(=O)NC2CC2)n1. The molecule has 5 nitrogen and oxygen atoms in total. The summed E-state index contributed by atoms with van der Waals surface area (Å²) in [4.78, 5) is 11.5. The summed E-state index contributed by atoms with van der Waals surface area (Å²) in [6, 6.07) is 2.93. The third-order valence-electron chi connectivity index (χ3n) is 3.48. The molecule has 1 amide bonds. The molecule has 1 heterocycles. The molecule has 1 aromatic rings. The first-order valence-electron chi connectivity index (χ1n) is 7.23. The van der Waals surface area contributed by atoms with Gasteiger partial charge >= 0.3 is 0 Å². The highest BCUT2D eigenvalue weighted by Gasteiger charge is 2.22. The molecule has 5 heteroatoms. The van der Waals surface area contributed by atoms with Gasteiger partial charge in [-0.2, -0.15) is 5.10 Å². The van der Waals surface area contributed by atoms with E-state index in [0.717, 1.165) is 31.5 Å². The maximum atomic E-state index is 11.5. The van der Waals surface area contributed by atoms with Gasteiger partial charge in [0.1, 0.15) is 0 Å². The smallest absolute Gasteiger partial charge is 0.221 e. The quantitative estimate of drug-likeness (QED) is 0.701. The lowest BCUT2D eigenvalue weighted by atomic mass is 10.3. The Morgan fingerprint density at radius 3 is 3.05 bits per heavy atom. The van der Waals surface area contributed by atoms with Crippen molar-refractivity contribution < 1.29 is 4.79 Å². The molecule has 1 atom stereocenters. The van der Waals surface area contributed by atoms with E-state index in [4.69, 9.17) is 0 Å². The Labute approximate surface area is 114 Å². The zero-order chi connectivity index (χ0) is 13.7. The van der Waals surface area contributed by atoms with Gasteiger partial charge < -0.3 is 10.6 Å². The monoisotopic (exact) mass is 264 g/mol. The standard InChI is InChI=1S/C14H24N4O/c1-3-11(2)18-9-7-13(17-18)10-15-8-6-14(19)16-12-4-5-12/h7,9,11-12,15H,3-6,8,10H2,1-2H3,(H,16,19). The van der Waals surface area contributed by atoms with Gasteiger partial charge in [-0.1, -0.05) is 6.92 Å². The second kappa shape index (κ2) is 6.70. The van der Waals surface area contributed by atoms with Crippen LogP contribution < -0.4 is 10.6 Å². The summed E-state index contributed by atoms with van der Waals surface area (Å²) < 4.78 is 2.00. The molecule has 19 heavy (non-hydrogen) atoms. The summed E-state index contributed by atoms with van der Waals surface area (Å²) in [5.41, 5.74) is 1.03. The normalized spacial score (nSPS) is 16.3. The van der Waals surface area contributed by atoms with Crippen molar-refractivity contribution in [3.05, 3.63) is 18.0 Å². The van der Waals surface area contributed by atoms with E-state index in [-0.39, 0.29) is 5.91 Å². The molecular formula is C14H24N4O. The predicted octanol–water partition coefficient (Wildman–Crippen LogP) is 1.61. The zero-order valence-electron chi connectivity index (χ0n) is 11.9. The summed E-state index contributed by atoms with van der Waals surface area (Å²) in [6.45, 7) is 5.74. The molecule has 0 saturated heterocycles. The number of rotatable bonds is 8. The van der Waals surface area contributed by atoms with Crippen LogP contribution in [0, 0.1) is 0 Å². The van der Waals surface area contributed by atoms with E-state index in [2.05, 4.69) is 29.6 Å². The van der Waals surface area contributed by atoms with Crippen molar-refractivity contribution in [1.82, 2.24) is 20.4 Å². The lowest BCUT2D eigenvalue weighted by Crippen LogP contribution is -2.29. The molecule has 2 N–H and O–H groups in total. The molecule has 1 fully saturated rings. The molecule has 0 spiro atoms. The molecule has 1 aromatic heterocycles. The van der Waals surface area contributed by atoms with Gasteiger partial charge in [-0.3, -0.25) is 9.48 Å². The molecule has 1 aliphatic rings. The molecule has 0 aromatic carbocycles. The molecule has 0 radical (unpaired) electrons. The Bertz CT molecular complexity index is 411. The van der Waals surface area contributed by atoms with Crippen molar-refractivity contribution in [2.45, 2.75) is 58.2 Å². The van der Waals surface area contributed by atoms with Gasteiger partial charge in [0.05, 0.1) is 5.69 Å². The van der Waals surface area contributed by atoms with Gasteiger partial charge in [0.2, 0.25) is 5.91 Å². The Balaban J connectivity index is 1.62. The van der Waals surface area contributed by atoms with Crippen LogP contribution in [-0.4, -0.2) is 28.3 Å². The van der Waals surface area contributed by atoms with E-state index in [1.807, 2.05) is 16.9 Å². The highest BCUT2D eigenvalue weighted by atomic mass is 16.1. The van der Waals surface area contributed by atoms with Gasteiger partial charge in [-0.15, -0.1) is 0 Å². The fourth-order valence-corrected chi connectivity index (χ4v) is 1.85. The van der Waals surface area contributed by atoms with E-state index in [0.29, 0.717) is 25.0 Å². The minimum absolute atomic E-state index is 0.153. The van der Waals surface area contributed by atoms with E-state index in [1.165, 1.54) is 0 Å². The second-order valence-corrected chi connectivity index (χ2v) is 5.31. The largest absolute Gasteiger partial charge is 0.353 e. The number of nitrogens with zero attached hydrogens (tertiary/aromatic N) is 2. The van der Waals surface area contributed by atoms with E-state index < -0.39 is 0 Å². The van der Waals surface area contributed by atoms with Crippen LogP contribution in [0.4, 0.5) is 0 Å². The highest BCUT2D eigenvalue weighted by molar-refractivity contribution is 5.76. The van der Waals surface area contributed by atoms with Gasteiger partial charge in [0.25, 0.3) is 0 Å². The third kappa shape index (κ3) is 4.67. The Morgan fingerprint density at radius 1 is 1.58 bits per heavy atom. The summed E-state index contributed by atoms with van der Waals surface area (Å²) in [5.74, 6) is 0.153. The van der Waals surface area contributed by atoms with Crippen LogP contribution in [0.5, 0.6) is 0 Å². The third-order valence-corrected chi connectivity index (χ3v) is 3.48. The highest BCUT2D eigenvalue weighted by Crippen LogP contribution is 2.18. The summed E-state index contributed by atoms with van der Waals surface area (Å²) in [6.07, 6.45) is 5.93. The molecule has 0 bridgehead atoms. The number of carbonyl (C=O) groups excluding carboxylic acids is 1. The summed E-state index contributed by atoms with van der Waals surface area (Å²) in [7, 11) is 0. The van der Waals surface area contributed by atoms with E-state index >= 15 is 0 Å². The zero-order valence-corrected chi connectivity index (χ0v) is 11.9. The van der Waals surface area contributed by atoms with Crippen molar-refractivity contribution in [2.24, 2.45) is 0 Å². The van der Waals surface area contributed by atoms with E-state index in [1.54, 1.807) is 0 Å². The average molecular weight is 264 g/mol. The minimum atomic E-state index is 0.153. The first-order valence-corrected chi connectivity index (χ1v) is 7.23. The van der Waals surface area contributed by atoms with Crippen molar-refractivity contribution in [1.29, 1.82) is 0 Å². The summed E-state index contributed by atoms with van der Waals surface area (Å²) in [5, 5.41) is 10.8. The lowest BCUT2D eigenvalue weighted by Gasteiger charge is -2.08. The van der Waals surface area contributed by atoms with Gasteiger partial charge in [-0.05, 0) is 32.3 Å². The molecule has 1 unspecified atom stereocenters. The van der Waals surface area contributed by atoms with Crippen LogP contribution >= 0.6 is 0 Å². The van der Waals surface area contributed by atoms with Gasteiger partial charge in [0, 0.05) is 37.8 Å². The summed E-state index contributed by atoms with van der Waals surface area (Å²) >= 11 is 0. The maximum Gasteiger partial charge on any atom is 0.221 e. The Morgan fingerprint density at radius 2 is 2.37 bits per heavy atom. The van der Waals surface area contributed by atoms with Crippen molar-refractivity contribution >= 4 is 5.91 Å². The molecular weight excluding hydrogens is 240 g/mol. The van der Waals surface area contributed by atoms with Gasteiger partial charge in [0.15, 0.2) is 0 Å². The Kier molecular flexibility index (Phi) is 4.96. The van der Waals surface area contributed by atoms with E-state index in [9.17, 15) is 4.79 Å². The number of nitrogens with one attached hydrogen (secondary N) is 2. The van der Waals surface area contributed by atoms with Crippen molar-refractivity contribution in [3.8, 4) is 0 Å². The van der Waals surface area contributed by atoms with Crippen LogP contribution in [0.25, 0.3) is 0 Å². The van der Waals surface area contributed by atoms with Crippen LogP contribution in [0.15, 0.2) is 12.3 Å². The van der Waals surface area contributed by atoms with Gasteiger partial charge in [-0.25, -0.2) is 0 Å². The number of hydrogen-bond donors (Lipinski definition) is 2. The van der Waals surface area contributed by atoms with Crippen LogP contribution in [0.1, 0.15) is 51.3 Å². The number of amides is 1. The topological polar surface area (TPSA) is 59.0 Å². The predicted molar refractivity (Wildman–Crippen MR) is 74.7 cm³/mol. The molecule has 0 aliphatic heterocycles. The van der Waals surface area contributed by atoms with Crippen molar-refractivity contribution in [3.63, 3.8) is 0 Å². The molecule has 1 saturated carbocycles. The average Bonchev–Trinajstić information content (AvgIpc) is 3.08. The maximum absolute atomic E-state index is 11.5. The Hall–Kier alpha value is -1.36. The lowest BCUT2D eigenvalue weighted by molar-refractivity contribution is -0.121. The first kappa shape index (κ1) is 14.1. The number of aromatic nitrogens is 2. The molecule has 1 aliphatic carbocycles. The fraction of sp³-hybridized carbons (Fsp3) is 0.714. The molecule has 106 valence electrons. The second-order valence-electron chi connectivity index (χ2n) is 5.31. The minimum Gasteiger partial charge on any atom is -0.353 e. The van der Waals surface area contributed by atoms with Crippen LogP contribution in [0.3, 0.4) is 0 Å². The van der Waals surface area contributed by atoms with Crippen LogP contribution in [-0.2, 0) is 11.3 Å². The fourth-order valence-electron chi connectivity index (χ4n) is 1.85. The number of carbonyl (C=O) groups is 1. The van der Waals surface area contributed by atoms with Crippen LogP contribution in [0.2, 0.25) is 0 Å².